The Kier molecular flexibility index (Phi) is 5.78. The van der Waals surface area contributed by atoms with E-state index in [0.29, 0.717) is 23.3 Å². The van der Waals surface area contributed by atoms with Crippen molar-refractivity contribution in [3.05, 3.63) is 29.8 Å². The topological polar surface area (TPSA) is 78.5 Å². The third kappa shape index (κ3) is 4.40. The number of hydrogen-bond donors (Lipinski definition) is 2. The van der Waals surface area contributed by atoms with E-state index in [0.717, 1.165) is 19.1 Å². The second-order valence-electron chi connectivity index (χ2n) is 6.63. The van der Waals surface area contributed by atoms with Crippen LogP contribution in [-0.4, -0.2) is 50.7 Å². The predicted octanol–water partition coefficient (Wildman–Crippen LogP) is 1.83. The maximum absolute atomic E-state index is 12.6. The first kappa shape index (κ1) is 19.0. The predicted molar refractivity (Wildman–Crippen MR) is 97.2 cm³/mol. The summed E-state index contributed by atoms with van der Waals surface area (Å²) in [4.78, 5) is 14.5. The average Bonchev–Trinajstić information content (AvgIpc) is 2.83. The molecule has 0 aliphatic carbocycles. The molecule has 1 aromatic carbocycles. The minimum absolute atomic E-state index is 0. The van der Waals surface area contributed by atoms with Crippen LogP contribution in [0.25, 0.3) is 0 Å². The van der Waals surface area contributed by atoms with Gasteiger partial charge in [0, 0.05) is 36.4 Å². The summed E-state index contributed by atoms with van der Waals surface area (Å²) in [5.74, 6) is -0.0118. The van der Waals surface area contributed by atoms with Crippen molar-refractivity contribution in [3.63, 3.8) is 0 Å². The summed E-state index contributed by atoms with van der Waals surface area (Å²) in [7, 11) is -1.44. The zero-order valence-corrected chi connectivity index (χ0v) is 15.5. The highest BCUT2D eigenvalue weighted by molar-refractivity contribution is 7.92. The molecule has 2 fully saturated rings. The molecule has 2 aliphatic heterocycles. The van der Waals surface area contributed by atoms with E-state index >= 15 is 0 Å². The molecule has 0 radical (unpaired) electrons. The summed E-state index contributed by atoms with van der Waals surface area (Å²) in [5, 5.41) is 3.58. The number of sulfonamides is 1. The number of carbonyl (C=O) groups is 1. The molecule has 2 aliphatic rings. The van der Waals surface area contributed by atoms with Gasteiger partial charge in [-0.3, -0.25) is 9.52 Å². The van der Waals surface area contributed by atoms with E-state index in [-0.39, 0.29) is 24.4 Å². The molecular weight excluding hydrogens is 350 g/mol. The van der Waals surface area contributed by atoms with E-state index in [1.807, 2.05) is 11.9 Å². The second kappa shape index (κ2) is 7.29. The Balaban J connectivity index is 0.00000208. The molecule has 24 heavy (non-hydrogen) atoms. The Bertz CT molecular complexity index is 681. The first-order valence-electron chi connectivity index (χ1n) is 7.93. The molecule has 6 nitrogen and oxygen atoms in total. The first-order valence-corrected chi connectivity index (χ1v) is 9.82. The van der Waals surface area contributed by atoms with Crippen LogP contribution in [0.4, 0.5) is 5.69 Å². The molecule has 0 saturated carbocycles. The summed E-state index contributed by atoms with van der Waals surface area (Å²) in [6.45, 7) is 0. The van der Waals surface area contributed by atoms with Crippen LogP contribution >= 0.6 is 12.4 Å². The Hall–Kier alpha value is -1.31. The molecular formula is C16H24ClN3O3S. The molecule has 134 valence electrons. The monoisotopic (exact) mass is 373 g/mol. The van der Waals surface area contributed by atoms with E-state index in [1.165, 1.54) is 12.8 Å². The minimum atomic E-state index is -3.30. The molecule has 8 heteroatoms. The van der Waals surface area contributed by atoms with Crippen molar-refractivity contribution in [1.82, 2.24) is 10.2 Å². The van der Waals surface area contributed by atoms with Crippen molar-refractivity contribution in [1.29, 1.82) is 0 Å². The highest BCUT2D eigenvalue weighted by Gasteiger charge is 2.36. The van der Waals surface area contributed by atoms with E-state index in [2.05, 4.69) is 10.0 Å². The molecule has 2 unspecified atom stereocenters. The van der Waals surface area contributed by atoms with Gasteiger partial charge in [-0.05, 0) is 49.9 Å². The molecule has 2 atom stereocenters. The van der Waals surface area contributed by atoms with Crippen molar-refractivity contribution in [3.8, 4) is 0 Å². The van der Waals surface area contributed by atoms with Crippen molar-refractivity contribution >= 4 is 34.0 Å². The number of halogens is 1. The summed E-state index contributed by atoms with van der Waals surface area (Å²) >= 11 is 0. The summed E-state index contributed by atoms with van der Waals surface area (Å²) in [6, 6.07) is 7.92. The SMILES string of the molecule is CN(C(=O)c1ccc(NS(C)(=O)=O)cc1)C1CC2CCC(C1)N2.Cl. The molecule has 1 aromatic rings. The first-order chi connectivity index (χ1) is 10.8. The maximum atomic E-state index is 12.6. The van der Waals surface area contributed by atoms with Gasteiger partial charge in [-0.1, -0.05) is 0 Å². The third-order valence-corrected chi connectivity index (χ3v) is 5.36. The fourth-order valence-corrected chi connectivity index (χ4v) is 4.17. The lowest BCUT2D eigenvalue weighted by molar-refractivity contribution is 0.0681. The zero-order chi connectivity index (χ0) is 16.6. The van der Waals surface area contributed by atoms with Crippen LogP contribution in [0.3, 0.4) is 0 Å². The fraction of sp³-hybridized carbons (Fsp3) is 0.562. The molecule has 2 heterocycles. The van der Waals surface area contributed by atoms with Crippen LogP contribution in [0.2, 0.25) is 0 Å². The number of piperidine rings is 1. The molecule has 2 bridgehead atoms. The second-order valence-corrected chi connectivity index (χ2v) is 8.38. The average molecular weight is 374 g/mol. The summed E-state index contributed by atoms with van der Waals surface area (Å²) < 4.78 is 24.8. The van der Waals surface area contributed by atoms with Crippen LogP contribution in [0.15, 0.2) is 24.3 Å². The summed E-state index contributed by atoms with van der Waals surface area (Å²) in [5.41, 5.74) is 1.05. The number of amides is 1. The molecule has 0 spiro atoms. The number of rotatable bonds is 4. The molecule has 0 aromatic heterocycles. The summed E-state index contributed by atoms with van der Waals surface area (Å²) in [6.07, 6.45) is 5.52. The molecule has 2 N–H and O–H groups in total. The molecule has 3 rings (SSSR count). The Morgan fingerprint density at radius 2 is 1.71 bits per heavy atom. The number of carbonyl (C=O) groups excluding carboxylic acids is 1. The van der Waals surface area contributed by atoms with Crippen LogP contribution in [0, 0.1) is 0 Å². The van der Waals surface area contributed by atoms with Gasteiger partial charge in [-0.15, -0.1) is 12.4 Å². The lowest BCUT2D eigenvalue weighted by atomic mass is 9.98. The van der Waals surface area contributed by atoms with Crippen LogP contribution < -0.4 is 10.0 Å². The number of nitrogens with one attached hydrogen (secondary N) is 2. The third-order valence-electron chi connectivity index (χ3n) is 4.75. The molecule has 1 amide bonds. The highest BCUT2D eigenvalue weighted by atomic mass is 35.5. The van der Waals surface area contributed by atoms with Crippen LogP contribution in [0.1, 0.15) is 36.0 Å². The lowest BCUT2D eigenvalue weighted by Gasteiger charge is -2.35. The lowest BCUT2D eigenvalue weighted by Crippen LogP contribution is -2.48. The van der Waals surface area contributed by atoms with Crippen LogP contribution in [0.5, 0.6) is 0 Å². The standard InChI is InChI=1S/C16H23N3O3S.ClH/c1-19(15-9-13-7-8-14(10-15)17-13)16(20)11-3-5-12(6-4-11)18-23(2,21)22;/h3-6,13-15,17-18H,7-10H2,1-2H3;1H. The largest absolute Gasteiger partial charge is 0.339 e. The number of fused-ring (bicyclic) bond motifs is 2. The zero-order valence-electron chi connectivity index (χ0n) is 13.9. The number of nitrogens with zero attached hydrogens (tertiary/aromatic N) is 1. The van der Waals surface area contributed by atoms with Gasteiger partial charge < -0.3 is 10.2 Å². The quantitative estimate of drug-likeness (QED) is 0.844. The fourth-order valence-electron chi connectivity index (χ4n) is 3.61. The van der Waals surface area contributed by atoms with Gasteiger partial charge in [-0.2, -0.15) is 0 Å². The van der Waals surface area contributed by atoms with Gasteiger partial charge >= 0.3 is 0 Å². The van der Waals surface area contributed by atoms with E-state index in [4.69, 9.17) is 0 Å². The van der Waals surface area contributed by atoms with Gasteiger partial charge in [-0.25, -0.2) is 8.42 Å². The van der Waals surface area contributed by atoms with Gasteiger partial charge in [0.2, 0.25) is 10.0 Å². The van der Waals surface area contributed by atoms with Crippen molar-refractivity contribution in [2.24, 2.45) is 0 Å². The Labute approximate surface area is 149 Å². The van der Waals surface area contributed by atoms with E-state index < -0.39 is 10.0 Å². The number of anilines is 1. The normalized spacial score (nSPS) is 25.7. The Morgan fingerprint density at radius 3 is 2.21 bits per heavy atom. The minimum Gasteiger partial charge on any atom is -0.339 e. The van der Waals surface area contributed by atoms with Crippen molar-refractivity contribution < 1.29 is 13.2 Å². The number of hydrogen-bond acceptors (Lipinski definition) is 4. The van der Waals surface area contributed by atoms with Gasteiger partial charge in [0.1, 0.15) is 0 Å². The van der Waals surface area contributed by atoms with E-state index in [9.17, 15) is 13.2 Å². The molecule has 2 saturated heterocycles. The van der Waals surface area contributed by atoms with Crippen molar-refractivity contribution in [2.75, 3.05) is 18.0 Å². The maximum Gasteiger partial charge on any atom is 0.253 e. The highest BCUT2D eigenvalue weighted by Crippen LogP contribution is 2.29. The van der Waals surface area contributed by atoms with Crippen molar-refractivity contribution in [2.45, 2.75) is 43.8 Å². The Morgan fingerprint density at radius 1 is 1.17 bits per heavy atom. The van der Waals surface area contributed by atoms with Gasteiger partial charge in [0.15, 0.2) is 0 Å². The van der Waals surface area contributed by atoms with Crippen LogP contribution in [-0.2, 0) is 10.0 Å². The van der Waals surface area contributed by atoms with Gasteiger partial charge in [0.05, 0.1) is 6.26 Å². The van der Waals surface area contributed by atoms with E-state index in [1.54, 1.807) is 24.3 Å². The number of benzene rings is 1. The van der Waals surface area contributed by atoms with Gasteiger partial charge in [0.25, 0.3) is 5.91 Å². The smallest absolute Gasteiger partial charge is 0.253 e.